The number of halogens is 1. The number of carbonyl (C=O) groups is 2. The van der Waals surface area contributed by atoms with Crippen LogP contribution in [0.5, 0.6) is 11.6 Å². The average Bonchev–Trinajstić information content (AvgIpc) is 3.08. The van der Waals surface area contributed by atoms with Crippen molar-refractivity contribution < 1.29 is 23.3 Å². The maximum Gasteiger partial charge on any atom is 0.309 e. The quantitative estimate of drug-likeness (QED) is 0.369. The van der Waals surface area contributed by atoms with Crippen LogP contribution < -0.4 is 9.47 Å². The first-order valence-corrected chi connectivity index (χ1v) is 11.9. The van der Waals surface area contributed by atoms with E-state index in [0.717, 1.165) is 19.3 Å². The summed E-state index contributed by atoms with van der Waals surface area (Å²) >= 11 is 6.58. The zero-order chi connectivity index (χ0) is 22.6. The number of esters is 1. The van der Waals surface area contributed by atoms with E-state index in [4.69, 9.17) is 27.5 Å². The lowest BCUT2D eigenvalue weighted by Crippen LogP contribution is -2.16. The van der Waals surface area contributed by atoms with Gasteiger partial charge in [0.2, 0.25) is 11.7 Å². The van der Waals surface area contributed by atoms with Crippen molar-refractivity contribution in [1.82, 2.24) is 9.78 Å². The zero-order valence-electron chi connectivity index (χ0n) is 17.2. The third kappa shape index (κ3) is 5.09. The van der Waals surface area contributed by atoms with Gasteiger partial charge >= 0.3 is 5.97 Å². The van der Waals surface area contributed by atoms with Gasteiger partial charge in [-0.3, -0.25) is 9.59 Å². The van der Waals surface area contributed by atoms with Gasteiger partial charge < -0.3 is 9.47 Å². The Morgan fingerprint density at radius 2 is 2.00 bits per heavy atom. The van der Waals surface area contributed by atoms with E-state index in [0.29, 0.717) is 11.5 Å². The van der Waals surface area contributed by atoms with Crippen molar-refractivity contribution >= 4 is 38.8 Å². The van der Waals surface area contributed by atoms with Crippen LogP contribution in [0, 0.1) is 12.3 Å². The van der Waals surface area contributed by atoms with E-state index in [1.165, 1.54) is 29.9 Å². The maximum atomic E-state index is 13.2. The molecule has 8 nitrogen and oxygen atoms in total. The van der Waals surface area contributed by atoms with Gasteiger partial charge in [0.1, 0.15) is 23.6 Å². The number of rotatable bonds is 6. The fraction of sp³-hybridized carbons (Fsp3) is 0.381. The second kappa shape index (κ2) is 9.54. The number of ketones is 1. The molecule has 0 N–H and O–H groups in total. The van der Waals surface area contributed by atoms with E-state index in [1.807, 2.05) is 0 Å². The van der Waals surface area contributed by atoms with Crippen LogP contribution in [-0.2, 0) is 21.6 Å². The molecule has 0 spiro atoms. The maximum absolute atomic E-state index is 13.2. The molecule has 1 aromatic carbocycles. The molecule has 1 aliphatic heterocycles. The van der Waals surface area contributed by atoms with Crippen LogP contribution in [0.25, 0.3) is 0 Å². The minimum Gasteiger partial charge on any atom is -0.479 e. The monoisotopic (exact) mass is 463 g/mol. The molecule has 1 aromatic heterocycles. The van der Waals surface area contributed by atoms with Gasteiger partial charge in [-0.05, 0) is 25.0 Å². The molecule has 10 heteroatoms. The van der Waals surface area contributed by atoms with Crippen LogP contribution in [0.1, 0.15) is 42.1 Å². The molecule has 0 saturated carbocycles. The van der Waals surface area contributed by atoms with Gasteiger partial charge in [-0.1, -0.05) is 23.9 Å². The Bertz CT molecular complexity index is 1180. The summed E-state index contributed by atoms with van der Waals surface area (Å²) in [5.41, 5.74) is 0.283. The zero-order valence-corrected chi connectivity index (χ0v) is 18.8. The number of terminal acetylenes is 1. The molecule has 1 aliphatic rings. The molecule has 1 saturated heterocycles. The fourth-order valence-corrected chi connectivity index (χ4v) is 5.76. The molecule has 164 valence electrons. The average molecular weight is 464 g/mol. The SMILES string of the molecule is C#CCOc1ccc(C(=O)c2cnn(C)c2OC(C)=O)c(Cl)c1N=S1(=O)CCCCC1. The molecule has 0 aliphatic carbocycles. The van der Waals surface area contributed by atoms with E-state index in [-0.39, 0.29) is 40.1 Å². The molecule has 31 heavy (non-hydrogen) atoms. The highest BCUT2D eigenvalue weighted by Crippen LogP contribution is 2.41. The lowest BCUT2D eigenvalue weighted by molar-refractivity contribution is -0.132. The molecule has 2 heterocycles. The Morgan fingerprint density at radius 3 is 2.65 bits per heavy atom. The van der Waals surface area contributed by atoms with Gasteiger partial charge in [-0.25, -0.2) is 8.89 Å². The van der Waals surface area contributed by atoms with Crippen molar-refractivity contribution in [2.75, 3.05) is 18.1 Å². The minimum absolute atomic E-state index is 0.00193. The van der Waals surface area contributed by atoms with Crippen LogP contribution >= 0.6 is 11.6 Å². The number of aryl methyl sites for hydroxylation is 1. The van der Waals surface area contributed by atoms with Crippen LogP contribution in [0.4, 0.5) is 5.69 Å². The molecular formula is C21H22ClN3O5S. The number of carbonyl (C=O) groups excluding carboxylic acids is 2. The van der Waals surface area contributed by atoms with Gasteiger partial charge in [0, 0.05) is 31.0 Å². The topological polar surface area (TPSA) is 99.8 Å². The third-order valence-electron chi connectivity index (χ3n) is 4.69. The van der Waals surface area contributed by atoms with Crippen LogP contribution in [0.3, 0.4) is 0 Å². The van der Waals surface area contributed by atoms with Crippen molar-refractivity contribution in [3.63, 3.8) is 0 Å². The summed E-state index contributed by atoms with van der Waals surface area (Å²) in [7, 11) is -0.985. The van der Waals surface area contributed by atoms with Crippen LogP contribution in [0.2, 0.25) is 5.02 Å². The first-order valence-electron chi connectivity index (χ1n) is 9.62. The molecule has 0 bridgehead atoms. The summed E-state index contributed by atoms with van der Waals surface area (Å²) in [6.45, 7) is 1.19. The van der Waals surface area contributed by atoms with E-state index in [1.54, 1.807) is 7.05 Å². The summed E-state index contributed by atoms with van der Waals surface area (Å²) in [4.78, 5) is 24.6. The van der Waals surface area contributed by atoms with E-state index >= 15 is 0 Å². The third-order valence-corrected chi connectivity index (χ3v) is 7.44. The Labute approximate surface area is 186 Å². The van der Waals surface area contributed by atoms with Gasteiger partial charge in [-0.2, -0.15) is 9.46 Å². The Hall–Kier alpha value is -2.83. The lowest BCUT2D eigenvalue weighted by Gasteiger charge is -2.17. The lowest BCUT2D eigenvalue weighted by atomic mass is 10.0. The van der Waals surface area contributed by atoms with Gasteiger partial charge in [0.15, 0.2) is 0 Å². The second-order valence-corrected chi connectivity index (χ2v) is 9.93. The molecule has 1 fully saturated rings. The number of ether oxygens (including phenoxy) is 2. The fourth-order valence-electron chi connectivity index (χ4n) is 3.22. The standard InChI is InChI=1S/C21H22ClN3O5S/c1-4-10-29-17-9-8-15(18(22)19(17)24-31(28)11-6-5-7-12-31)20(27)16-13-23-25(3)21(16)30-14(2)26/h1,8-9,13H,5-7,10-12H2,2-3H3. The Kier molecular flexibility index (Phi) is 7.03. The minimum atomic E-state index is -2.53. The van der Waals surface area contributed by atoms with Gasteiger partial charge in [0.25, 0.3) is 0 Å². The number of benzene rings is 1. The molecular weight excluding hydrogens is 442 g/mol. The highest BCUT2D eigenvalue weighted by molar-refractivity contribution is 7.93. The summed E-state index contributed by atoms with van der Waals surface area (Å²) < 4.78 is 29.6. The van der Waals surface area contributed by atoms with Crippen molar-refractivity contribution in [3.05, 3.63) is 34.5 Å². The van der Waals surface area contributed by atoms with Gasteiger partial charge in [0.05, 0.1) is 20.9 Å². The number of hydrogen-bond donors (Lipinski definition) is 0. The highest BCUT2D eigenvalue weighted by Gasteiger charge is 2.26. The normalized spacial score (nSPS) is 15.0. The molecule has 0 atom stereocenters. The first kappa shape index (κ1) is 22.8. The number of aromatic nitrogens is 2. The highest BCUT2D eigenvalue weighted by atomic mass is 35.5. The smallest absolute Gasteiger partial charge is 0.309 e. The van der Waals surface area contributed by atoms with Gasteiger partial charge in [-0.15, -0.1) is 6.42 Å². The first-order chi connectivity index (χ1) is 14.8. The van der Waals surface area contributed by atoms with E-state index in [9.17, 15) is 13.8 Å². The van der Waals surface area contributed by atoms with Crippen molar-refractivity contribution in [1.29, 1.82) is 0 Å². The second-order valence-electron chi connectivity index (χ2n) is 7.01. The molecule has 0 unspecified atom stereocenters. The van der Waals surface area contributed by atoms with Crippen molar-refractivity contribution in [2.24, 2.45) is 11.4 Å². The predicted octanol–water partition coefficient (Wildman–Crippen LogP) is 3.53. The largest absolute Gasteiger partial charge is 0.479 e. The Balaban J connectivity index is 2.12. The number of hydrogen-bond acceptors (Lipinski definition) is 7. The predicted molar refractivity (Wildman–Crippen MR) is 118 cm³/mol. The molecule has 0 amide bonds. The van der Waals surface area contributed by atoms with E-state index in [2.05, 4.69) is 15.4 Å². The summed E-state index contributed by atoms with van der Waals surface area (Å²) in [5.74, 6) is 2.41. The number of nitrogens with zero attached hydrogens (tertiary/aromatic N) is 3. The Morgan fingerprint density at radius 1 is 1.29 bits per heavy atom. The van der Waals surface area contributed by atoms with E-state index < -0.39 is 21.5 Å². The van der Waals surface area contributed by atoms with Crippen LogP contribution in [-0.4, -0.2) is 43.9 Å². The molecule has 2 aromatic rings. The summed E-state index contributed by atoms with van der Waals surface area (Å²) in [6.07, 6.45) is 9.19. The van der Waals surface area contributed by atoms with Crippen LogP contribution in [0.15, 0.2) is 22.7 Å². The van der Waals surface area contributed by atoms with Crippen molar-refractivity contribution in [3.8, 4) is 24.0 Å². The van der Waals surface area contributed by atoms with Crippen molar-refractivity contribution in [2.45, 2.75) is 26.2 Å². The molecule has 0 radical (unpaired) electrons. The summed E-state index contributed by atoms with van der Waals surface area (Å²) in [6, 6.07) is 2.98. The summed E-state index contributed by atoms with van der Waals surface area (Å²) in [5, 5.41) is 3.98. The molecule has 3 rings (SSSR count).